The molecule has 4 rings (SSSR count). The van der Waals surface area contributed by atoms with E-state index in [-0.39, 0.29) is 23.8 Å². The van der Waals surface area contributed by atoms with E-state index in [9.17, 15) is 9.59 Å². The molecule has 1 aliphatic heterocycles. The zero-order chi connectivity index (χ0) is 21.8. The number of piperidine rings is 1. The molecule has 0 radical (unpaired) electrons. The number of benzene rings is 1. The number of amides is 2. The zero-order valence-electron chi connectivity index (χ0n) is 18.0. The third-order valence-corrected chi connectivity index (χ3v) is 6.39. The highest BCUT2D eigenvalue weighted by atomic mass is 32.1. The molecule has 2 aromatic heterocycles. The van der Waals surface area contributed by atoms with Gasteiger partial charge in [-0.3, -0.25) is 14.3 Å². The van der Waals surface area contributed by atoms with Gasteiger partial charge in [0, 0.05) is 31.2 Å². The number of hydrogen-bond donors (Lipinski definition) is 1. The van der Waals surface area contributed by atoms with Gasteiger partial charge in [0.25, 0.3) is 5.91 Å². The van der Waals surface area contributed by atoms with E-state index in [4.69, 9.17) is 5.10 Å². The molecular weight excluding hydrogens is 408 g/mol. The van der Waals surface area contributed by atoms with E-state index in [1.807, 2.05) is 65.3 Å². The first-order chi connectivity index (χ1) is 15.0. The predicted octanol–water partition coefficient (Wildman–Crippen LogP) is 4.04. The fourth-order valence-electron chi connectivity index (χ4n) is 3.94. The molecule has 3 heterocycles. The molecule has 0 saturated carbocycles. The monoisotopic (exact) mass is 436 g/mol. The third kappa shape index (κ3) is 5.05. The Labute approximate surface area is 186 Å². The van der Waals surface area contributed by atoms with Crippen LogP contribution in [0.1, 0.15) is 42.6 Å². The van der Waals surface area contributed by atoms with Crippen LogP contribution in [0.5, 0.6) is 0 Å². The van der Waals surface area contributed by atoms with E-state index in [0.29, 0.717) is 38.0 Å². The molecule has 0 atom stereocenters. The number of rotatable bonds is 6. The second-order valence-electron chi connectivity index (χ2n) is 8.28. The Morgan fingerprint density at radius 2 is 1.87 bits per heavy atom. The number of likely N-dealkylation sites (tertiary alicyclic amines) is 1. The summed E-state index contributed by atoms with van der Waals surface area (Å²) in [6.45, 7) is 5.72. The van der Waals surface area contributed by atoms with Gasteiger partial charge in [0.15, 0.2) is 0 Å². The van der Waals surface area contributed by atoms with Crippen LogP contribution < -0.4 is 5.32 Å². The lowest BCUT2D eigenvalue weighted by molar-refractivity contribution is -0.126. The second kappa shape index (κ2) is 9.47. The van der Waals surface area contributed by atoms with Crippen molar-refractivity contribution in [2.45, 2.75) is 39.3 Å². The molecule has 6 nitrogen and oxygen atoms in total. The van der Waals surface area contributed by atoms with Crippen LogP contribution in [0.4, 0.5) is 0 Å². The molecule has 1 N–H and O–H groups in total. The fourth-order valence-corrected chi connectivity index (χ4v) is 4.67. The van der Waals surface area contributed by atoms with Crippen LogP contribution in [-0.2, 0) is 11.3 Å². The summed E-state index contributed by atoms with van der Waals surface area (Å²) in [6, 6.07) is 14.2. The number of nitrogens with zero attached hydrogens (tertiary/aromatic N) is 3. The average Bonchev–Trinajstić information content (AvgIpc) is 3.43. The quantitative estimate of drug-likeness (QED) is 0.634. The Kier molecular flexibility index (Phi) is 6.51. The van der Waals surface area contributed by atoms with Crippen molar-refractivity contribution >= 4 is 23.2 Å². The maximum Gasteiger partial charge on any atom is 0.257 e. The molecule has 2 amide bonds. The van der Waals surface area contributed by atoms with Gasteiger partial charge in [0.05, 0.1) is 17.0 Å². The van der Waals surface area contributed by atoms with Crippen molar-refractivity contribution in [2.75, 3.05) is 13.1 Å². The standard InChI is InChI=1S/C24H28N4O2S/c1-17(2)25-23(29)19-10-12-27(13-11-19)24(30)20-16-28(15-18-7-4-3-5-8-18)26-22(20)21-9-6-14-31-21/h3-9,14,16-17,19H,10-13,15H2,1-2H3,(H,25,29). The number of carbonyl (C=O) groups excluding carboxylic acids is 2. The molecule has 1 saturated heterocycles. The summed E-state index contributed by atoms with van der Waals surface area (Å²) in [5, 5.41) is 9.74. The van der Waals surface area contributed by atoms with Crippen molar-refractivity contribution in [3.63, 3.8) is 0 Å². The van der Waals surface area contributed by atoms with Crippen LogP contribution in [0.25, 0.3) is 10.6 Å². The molecule has 1 fully saturated rings. The molecule has 0 aliphatic carbocycles. The first-order valence-electron chi connectivity index (χ1n) is 10.8. The summed E-state index contributed by atoms with van der Waals surface area (Å²) < 4.78 is 1.85. The highest BCUT2D eigenvalue weighted by Crippen LogP contribution is 2.29. The van der Waals surface area contributed by atoms with Gasteiger partial charge in [-0.05, 0) is 43.7 Å². The largest absolute Gasteiger partial charge is 0.354 e. The highest BCUT2D eigenvalue weighted by Gasteiger charge is 2.30. The van der Waals surface area contributed by atoms with Gasteiger partial charge in [0.1, 0.15) is 5.69 Å². The minimum atomic E-state index is -0.0241. The molecular formula is C24H28N4O2S. The van der Waals surface area contributed by atoms with Crippen LogP contribution in [0.15, 0.2) is 54.0 Å². The van der Waals surface area contributed by atoms with Crippen LogP contribution in [-0.4, -0.2) is 45.6 Å². The molecule has 3 aromatic rings. The molecule has 7 heteroatoms. The van der Waals surface area contributed by atoms with Crippen molar-refractivity contribution in [1.82, 2.24) is 20.0 Å². The number of carbonyl (C=O) groups is 2. The molecule has 162 valence electrons. The number of aromatic nitrogens is 2. The van der Waals surface area contributed by atoms with Crippen molar-refractivity contribution < 1.29 is 9.59 Å². The van der Waals surface area contributed by atoms with Gasteiger partial charge in [-0.1, -0.05) is 36.4 Å². The highest BCUT2D eigenvalue weighted by molar-refractivity contribution is 7.13. The molecule has 0 unspecified atom stereocenters. The normalized spacial score (nSPS) is 14.7. The fraction of sp³-hybridized carbons (Fsp3) is 0.375. The third-order valence-electron chi connectivity index (χ3n) is 5.52. The number of nitrogens with one attached hydrogen (secondary N) is 1. The van der Waals surface area contributed by atoms with Crippen LogP contribution in [0, 0.1) is 5.92 Å². The Morgan fingerprint density at radius 1 is 1.13 bits per heavy atom. The van der Waals surface area contributed by atoms with Crippen molar-refractivity contribution in [3.05, 3.63) is 65.2 Å². The van der Waals surface area contributed by atoms with Crippen LogP contribution in [0.3, 0.4) is 0 Å². The Bertz CT molecular complexity index is 1020. The first kappa shape index (κ1) is 21.3. The molecule has 1 aromatic carbocycles. The van der Waals surface area contributed by atoms with E-state index in [1.54, 1.807) is 11.3 Å². The maximum absolute atomic E-state index is 13.4. The van der Waals surface area contributed by atoms with E-state index < -0.39 is 0 Å². The van der Waals surface area contributed by atoms with Crippen LogP contribution in [0.2, 0.25) is 0 Å². The lowest BCUT2D eigenvalue weighted by Crippen LogP contribution is -2.44. The van der Waals surface area contributed by atoms with Gasteiger partial charge >= 0.3 is 0 Å². The summed E-state index contributed by atoms with van der Waals surface area (Å²) in [5.74, 6) is 0.0616. The van der Waals surface area contributed by atoms with Gasteiger partial charge in [0.2, 0.25) is 5.91 Å². The Hall–Kier alpha value is -2.93. The zero-order valence-corrected chi connectivity index (χ0v) is 18.8. The second-order valence-corrected chi connectivity index (χ2v) is 9.23. The minimum absolute atomic E-state index is 0.00886. The van der Waals surface area contributed by atoms with Crippen LogP contribution >= 0.6 is 11.3 Å². The predicted molar refractivity (Wildman–Crippen MR) is 123 cm³/mol. The van der Waals surface area contributed by atoms with Gasteiger partial charge < -0.3 is 10.2 Å². The first-order valence-corrected chi connectivity index (χ1v) is 11.6. The number of thiophene rings is 1. The van der Waals surface area contributed by atoms with Gasteiger partial charge in [-0.25, -0.2) is 0 Å². The molecule has 1 aliphatic rings. The van der Waals surface area contributed by atoms with E-state index >= 15 is 0 Å². The summed E-state index contributed by atoms with van der Waals surface area (Å²) in [6.07, 6.45) is 3.25. The van der Waals surface area contributed by atoms with E-state index in [0.717, 1.165) is 16.1 Å². The Morgan fingerprint density at radius 3 is 2.52 bits per heavy atom. The molecule has 0 spiro atoms. The SMILES string of the molecule is CC(C)NC(=O)C1CCN(C(=O)c2cn(Cc3ccccc3)nc2-c2cccs2)CC1. The summed E-state index contributed by atoms with van der Waals surface area (Å²) in [7, 11) is 0. The smallest absolute Gasteiger partial charge is 0.257 e. The molecule has 0 bridgehead atoms. The van der Waals surface area contributed by atoms with Crippen molar-refractivity contribution in [1.29, 1.82) is 0 Å². The van der Waals surface area contributed by atoms with Crippen molar-refractivity contribution in [3.8, 4) is 10.6 Å². The van der Waals surface area contributed by atoms with E-state index in [1.165, 1.54) is 0 Å². The summed E-state index contributed by atoms with van der Waals surface area (Å²) in [5.41, 5.74) is 2.50. The summed E-state index contributed by atoms with van der Waals surface area (Å²) in [4.78, 5) is 28.6. The maximum atomic E-state index is 13.4. The topological polar surface area (TPSA) is 67.2 Å². The lowest BCUT2D eigenvalue weighted by Gasteiger charge is -2.31. The van der Waals surface area contributed by atoms with Crippen molar-refractivity contribution in [2.24, 2.45) is 5.92 Å². The van der Waals surface area contributed by atoms with Gasteiger partial charge in [-0.2, -0.15) is 5.10 Å². The number of hydrogen-bond acceptors (Lipinski definition) is 4. The minimum Gasteiger partial charge on any atom is -0.354 e. The lowest BCUT2D eigenvalue weighted by atomic mass is 9.95. The van der Waals surface area contributed by atoms with Gasteiger partial charge in [-0.15, -0.1) is 11.3 Å². The summed E-state index contributed by atoms with van der Waals surface area (Å²) >= 11 is 1.58. The Balaban J connectivity index is 1.51. The van der Waals surface area contributed by atoms with E-state index in [2.05, 4.69) is 17.4 Å². The molecule has 31 heavy (non-hydrogen) atoms. The average molecular weight is 437 g/mol.